The third kappa shape index (κ3) is 4.20. The second-order valence-corrected chi connectivity index (χ2v) is 8.17. The van der Waals surface area contributed by atoms with Crippen molar-refractivity contribution in [2.75, 3.05) is 38.2 Å². The van der Waals surface area contributed by atoms with E-state index in [1.165, 1.54) is 0 Å². The van der Waals surface area contributed by atoms with Gasteiger partial charge < -0.3 is 19.6 Å². The predicted octanol–water partition coefficient (Wildman–Crippen LogP) is 4.22. The van der Waals surface area contributed by atoms with E-state index in [4.69, 9.17) is 9.84 Å². The Kier molecular flexibility index (Phi) is 5.91. The fraction of sp³-hybridized carbons (Fsp3) is 0.185. The fourth-order valence-electron chi connectivity index (χ4n) is 4.31. The molecule has 0 saturated carbocycles. The van der Waals surface area contributed by atoms with Gasteiger partial charge >= 0.3 is 0 Å². The minimum Gasteiger partial charge on any atom is -0.508 e. The predicted molar refractivity (Wildman–Crippen MR) is 132 cm³/mol. The molecule has 1 aliphatic heterocycles. The number of aromatic hydroxyl groups is 1. The lowest BCUT2D eigenvalue weighted by Gasteiger charge is -2.36. The average Bonchev–Trinajstić information content (AvgIpc) is 3.34. The molecule has 0 unspecified atom stereocenters. The lowest BCUT2D eigenvalue weighted by Crippen LogP contribution is -2.48. The summed E-state index contributed by atoms with van der Waals surface area (Å²) in [6.45, 7) is 2.53. The quantitative estimate of drug-likeness (QED) is 0.489. The number of aromatic nitrogens is 2. The molecule has 1 saturated heterocycles. The van der Waals surface area contributed by atoms with Crippen LogP contribution in [0.5, 0.6) is 11.5 Å². The Morgan fingerprint density at radius 1 is 0.882 bits per heavy atom. The van der Waals surface area contributed by atoms with Crippen LogP contribution in [0.4, 0.5) is 5.69 Å². The Labute approximate surface area is 198 Å². The summed E-state index contributed by atoms with van der Waals surface area (Å²) >= 11 is 0. The van der Waals surface area contributed by atoms with Gasteiger partial charge in [-0.15, -0.1) is 0 Å². The molecule has 5 rings (SSSR count). The fourth-order valence-corrected chi connectivity index (χ4v) is 4.31. The molecule has 1 amide bonds. The number of hydrogen-bond acceptors (Lipinski definition) is 5. The van der Waals surface area contributed by atoms with Crippen LogP contribution in [0.15, 0.2) is 85.1 Å². The molecule has 1 N–H and O–H groups in total. The highest BCUT2D eigenvalue weighted by molar-refractivity contribution is 6.00. The maximum Gasteiger partial charge on any atom is 0.257 e. The first kappa shape index (κ1) is 21.6. The summed E-state index contributed by atoms with van der Waals surface area (Å²) in [5.74, 6) is 0.855. The normalized spacial score (nSPS) is 13.7. The van der Waals surface area contributed by atoms with Crippen molar-refractivity contribution in [1.29, 1.82) is 0 Å². The highest BCUT2D eigenvalue weighted by Gasteiger charge is 2.28. The van der Waals surface area contributed by atoms with Crippen molar-refractivity contribution < 1.29 is 14.6 Å². The summed E-state index contributed by atoms with van der Waals surface area (Å²) < 4.78 is 7.31. The van der Waals surface area contributed by atoms with E-state index in [-0.39, 0.29) is 11.7 Å². The van der Waals surface area contributed by atoms with Crippen molar-refractivity contribution in [1.82, 2.24) is 14.7 Å². The first-order valence-electron chi connectivity index (χ1n) is 11.3. The molecule has 1 aromatic heterocycles. The Morgan fingerprint density at radius 3 is 2.32 bits per heavy atom. The monoisotopic (exact) mass is 454 g/mol. The molecule has 3 aromatic carbocycles. The standard InChI is InChI=1S/C27H26N4O3/c1-34-25-13-6-5-12-23(25)26-24(19-31(28-26)20-8-3-2-4-9-20)27(33)30-16-14-29(15-17-30)21-10-7-11-22(32)18-21/h2-13,18-19,32H,14-17H2,1H3. The number of benzene rings is 3. The molecular weight excluding hydrogens is 428 g/mol. The summed E-state index contributed by atoms with van der Waals surface area (Å²) in [7, 11) is 1.62. The topological polar surface area (TPSA) is 70.8 Å². The molecule has 34 heavy (non-hydrogen) atoms. The molecule has 7 heteroatoms. The summed E-state index contributed by atoms with van der Waals surface area (Å²) in [6.07, 6.45) is 1.81. The maximum atomic E-state index is 13.7. The molecule has 1 aliphatic rings. The Hall–Kier alpha value is -4.26. The number of amides is 1. The summed E-state index contributed by atoms with van der Waals surface area (Å²) in [4.78, 5) is 17.8. The zero-order valence-corrected chi connectivity index (χ0v) is 19.0. The molecule has 0 radical (unpaired) electrons. The van der Waals surface area contributed by atoms with E-state index >= 15 is 0 Å². The molecule has 0 atom stereocenters. The highest BCUT2D eigenvalue weighted by atomic mass is 16.5. The lowest BCUT2D eigenvalue weighted by atomic mass is 10.1. The number of methoxy groups -OCH3 is 1. The summed E-state index contributed by atoms with van der Waals surface area (Å²) in [5, 5.41) is 14.6. The number of ether oxygens (including phenoxy) is 1. The van der Waals surface area contributed by atoms with Crippen LogP contribution in [0.25, 0.3) is 16.9 Å². The van der Waals surface area contributed by atoms with Gasteiger partial charge in [-0.1, -0.05) is 36.4 Å². The number of rotatable bonds is 5. The van der Waals surface area contributed by atoms with E-state index < -0.39 is 0 Å². The number of phenolic OH excluding ortho intramolecular Hbond substituents is 1. The van der Waals surface area contributed by atoms with Gasteiger partial charge in [-0.2, -0.15) is 5.10 Å². The lowest BCUT2D eigenvalue weighted by molar-refractivity contribution is 0.0747. The van der Waals surface area contributed by atoms with Crippen molar-refractivity contribution >= 4 is 11.6 Å². The Bertz CT molecular complexity index is 1290. The summed E-state index contributed by atoms with van der Waals surface area (Å²) in [5.41, 5.74) is 3.76. The third-order valence-electron chi connectivity index (χ3n) is 6.09. The number of anilines is 1. The van der Waals surface area contributed by atoms with Crippen LogP contribution in [-0.4, -0.2) is 59.0 Å². The molecule has 0 bridgehead atoms. The van der Waals surface area contributed by atoms with Crippen molar-refractivity contribution in [2.24, 2.45) is 0 Å². The first-order chi connectivity index (χ1) is 16.6. The zero-order chi connectivity index (χ0) is 23.5. The van der Waals surface area contributed by atoms with Crippen LogP contribution in [0, 0.1) is 0 Å². The number of phenols is 1. The number of carbonyl (C=O) groups excluding carboxylic acids is 1. The van der Waals surface area contributed by atoms with Crippen LogP contribution >= 0.6 is 0 Å². The van der Waals surface area contributed by atoms with Gasteiger partial charge in [0.2, 0.25) is 0 Å². The molecule has 0 spiro atoms. The third-order valence-corrected chi connectivity index (χ3v) is 6.09. The van der Waals surface area contributed by atoms with Crippen molar-refractivity contribution in [2.45, 2.75) is 0 Å². The molecular formula is C27H26N4O3. The molecule has 1 fully saturated rings. The number of hydrogen-bond donors (Lipinski definition) is 1. The van der Waals surface area contributed by atoms with Crippen molar-refractivity contribution in [3.8, 4) is 28.4 Å². The molecule has 0 aliphatic carbocycles. The Morgan fingerprint density at radius 2 is 1.59 bits per heavy atom. The average molecular weight is 455 g/mol. The summed E-state index contributed by atoms with van der Waals surface area (Å²) in [6, 6.07) is 24.6. The molecule has 7 nitrogen and oxygen atoms in total. The van der Waals surface area contributed by atoms with E-state index in [1.54, 1.807) is 30.1 Å². The van der Waals surface area contributed by atoms with Gasteiger partial charge in [0.1, 0.15) is 17.2 Å². The smallest absolute Gasteiger partial charge is 0.257 e. The number of nitrogens with zero attached hydrogens (tertiary/aromatic N) is 4. The minimum absolute atomic E-state index is 0.0568. The van der Waals surface area contributed by atoms with E-state index in [0.29, 0.717) is 43.2 Å². The van der Waals surface area contributed by atoms with Gasteiger partial charge in [0.25, 0.3) is 5.91 Å². The first-order valence-corrected chi connectivity index (χ1v) is 11.3. The number of carbonyl (C=O) groups is 1. The molecule has 172 valence electrons. The van der Waals surface area contributed by atoms with Crippen LogP contribution < -0.4 is 9.64 Å². The van der Waals surface area contributed by atoms with Gasteiger partial charge in [-0.25, -0.2) is 4.68 Å². The van der Waals surface area contributed by atoms with Crippen LogP contribution in [-0.2, 0) is 0 Å². The van der Waals surface area contributed by atoms with Crippen molar-refractivity contribution in [3.63, 3.8) is 0 Å². The number of piperazine rings is 1. The second kappa shape index (κ2) is 9.31. The van der Waals surface area contributed by atoms with Gasteiger partial charge in [-0.05, 0) is 36.4 Å². The van der Waals surface area contributed by atoms with Gasteiger partial charge in [0.05, 0.1) is 18.4 Å². The van der Waals surface area contributed by atoms with Crippen LogP contribution in [0.1, 0.15) is 10.4 Å². The van der Waals surface area contributed by atoms with E-state index in [1.807, 2.05) is 71.6 Å². The number of para-hydroxylation sites is 2. The molecule has 2 heterocycles. The largest absolute Gasteiger partial charge is 0.508 e. The van der Waals surface area contributed by atoms with Crippen LogP contribution in [0.2, 0.25) is 0 Å². The second-order valence-electron chi connectivity index (χ2n) is 8.17. The maximum absolute atomic E-state index is 13.7. The van der Waals surface area contributed by atoms with Crippen molar-refractivity contribution in [3.05, 3.63) is 90.6 Å². The van der Waals surface area contributed by atoms with Gasteiger partial charge in [-0.3, -0.25) is 4.79 Å². The minimum atomic E-state index is -0.0568. The van der Waals surface area contributed by atoms with E-state index in [9.17, 15) is 9.90 Å². The highest BCUT2D eigenvalue weighted by Crippen LogP contribution is 2.32. The Balaban J connectivity index is 1.45. The van der Waals surface area contributed by atoms with E-state index in [0.717, 1.165) is 16.9 Å². The SMILES string of the molecule is COc1ccccc1-c1nn(-c2ccccc2)cc1C(=O)N1CCN(c2cccc(O)c2)CC1. The van der Waals surface area contributed by atoms with Gasteiger partial charge in [0.15, 0.2) is 0 Å². The van der Waals surface area contributed by atoms with E-state index in [2.05, 4.69) is 4.90 Å². The van der Waals surface area contributed by atoms with Gasteiger partial charge in [0, 0.05) is 49.7 Å². The molecule has 4 aromatic rings. The van der Waals surface area contributed by atoms with Crippen LogP contribution in [0.3, 0.4) is 0 Å². The zero-order valence-electron chi connectivity index (χ0n) is 19.0.